The van der Waals surface area contributed by atoms with Gasteiger partial charge in [-0.1, -0.05) is 0 Å². The first-order valence-electron chi connectivity index (χ1n) is 6.18. The molecule has 3 N–H and O–H groups in total. The second-order valence-corrected chi connectivity index (χ2v) is 5.05. The molecule has 1 aromatic rings. The van der Waals surface area contributed by atoms with Crippen molar-refractivity contribution in [3.63, 3.8) is 0 Å². The summed E-state index contributed by atoms with van der Waals surface area (Å²) in [6.07, 6.45) is 3.75. The van der Waals surface area contributed by atoms with E-state index < -0.39 is 5.54 Å². The van der Waals surface area contributed by atoms with E-state index >= 15 is 0 Å². The van der Waals surface area contributed by atoms with Gasteiger partial charge in [-0.15, -0.1) is 0 Å². The highest BCUT2D eigenvalue weighted by Gasteiger charge is 2.42. The van der Waals surface area contributed by atoms with E-state index in [-0.39, 0.29) is 18.4 Å². The summed E-state index contributed by atoms with van der Waals surface area (Å²) < 4.78 is 0. The normalized spacial score (nSPS) is 22.4. The molecule has 1 atom stereocenters. The van der Waals surface area contributed by atoms with Crippen LogP contribution in [0.1, 0.15) is 18.9 Å². The molecule has 0 radical (unpaired) electrons. The van der Waals surface area contributed by atoms with Crippen LogP contribution in [-0.4, -0.2) is 40.3 Å². The van der Waals surface area contributed by atoms with Gasteiger partial charge >= 0.3 is 0 Å². The van der Waals surface area contributed by atoms with E-state index in [1.54, 1.807) is 17.3 Å². The maximum atomic E-state index is 12.2. The average Bonchev–Trinajstić information content (AvgIpc) is 2.73. The zero-order valence-electron chi connectivity index (χ0n) is 11.1. The van der Waals surface area contributed by atoms with Crippen molar-refractivity contribution in [3.8, 4) is 0 Å². The second-order valence-electron chi connectivity index (χ2n) is 5.05. The lowest BCUT2D eigenvalue weighted by Crippen LogP contribution is -2.53. The van der Waals surface area contributed by atoms with Gasteiger partial charge in [0.1, 0.15) is 5.54 Å². The summed E-state index contributed by atoms with van der Waals surface area (Å²) in [6, 6.07) is 1.83. The summed E-state index contributed by atoms with van der Waals surface area (Å²) >= 11 is 0. The van der Waals surface area contributed by atoms with Gasteiger partial charge in [-0.2, -0.15) is 0 Å². The first-order valence-corrected chi connectivity index (χ1v) is 6.18. The number of carbonyl (C=O) groups is 2. The van der Waals surface area contributed by atoms with Crippen LogP contribution in [0.3, 0.4) is 0 Å². The fourth-order valence-electron chi connectivity index (χ4n) is 2.17. The van der Waals surface area contributed by atoms with Crippen LogP contribution in [0.5, 0.6) is 0 Å². The van der Waals surface area contributed by atoms with Crippen molar-refractivity contribution >= 4 is 17.5 Å². The predicted octanol–water partition coefficient (Wildman–Crippen LogP) is 0.278. The second kappa shape index (κ2) is 4.97. The Bertz CT molecular complexity index is 517. The summed E-state index contributed by atoms with van der Waals surface area (Å²) in [5, 5.41) is 2.76. The number of aryl methyl sites for hydroxylation is 1. The van der Waals surface area contributed by atoms with Crippen LogP contribution in [0, 0.1) is 6.92 Å². The van der Waals surface area contributed by atoms with Gasteiger partial charge in [0.2, 0.25) is 11.8 Å². The van der Waals surface area contributed by atoms with Crippen LogP contribution >= 0.6 is 0 Å². The maximum absolute atomic E-state index is 12.2. The molecule has 1 unspecified atom stereocenters. The fraction of sp³-hybridized carbons (Fsp3) is 0.462. The molecule has 1 fully saturated rings. The topological polar surface area (TPSA) is 88.3 Å². The minimum Gasteiger partial charge on any atom is -0.340 e. The molecule has 6 heteroatoms. The summed E-state index contributed by atoms with van der Waals surface area (Å²) in [4.78, 5) is 29.1. The number of hydrogen-bond acceptors (Lipinski definition) is 4. The summed E-state index contributed by atoms with van der Waals surface area (Å²) in [7, 11) is 0. The Hall–Kier alpha value is -1.95. The molecule has 1 saturated heterocycles. The van der Waals surface area contributed by atoms with Crippen molar-refractivity contribution in [2.75, 3.05) is 18.4 Å². The van der Waals surface area contributed by atoms with Crippen molar-refractivity contribution in [2.24, 2.45) is 5.73 Å². The summed E-state index contributed by atoms with van der Waals surface area (Å²) in [6.45, 7) is 4.15. The molecule has 0 aromatic carbocycles. The third-order valence-corrected chi connectivity index (χ3v) is 3.33. The number of pyridine rings is 1. The molecule has 1 aliphatic rings. The van der Waals surface area contributed by atoms with E-state index in [0.717, 1.165) is 5.56 Å². The van der Waals surface area contributed by atoms with Crippen molar-refractivity contribution in [1.82, 2.24) is 9.88 Å². The number of nitrogens with zero attached hydrogens (tertiary/aromatic N) is 2. The monoisotopic (exact) mass is 262 g/mol. The molecular weight excluding hydrogens is 244 g/mol. The average molecular weight is 262 g/mol. The SMILES string of the molecule is CC(=O)N1CCC(N)(C(=O)Nc2cncc(C)c2)C1. The third-order valence-electron chi connectivity index (χ3n) is 3.33. The third kappa shape index (κ3) is 2.90. The molecule has 102 valence electrons. The molecule has 2 heterocycles. The fourth-order valence-corrected chi connectivity index (χ4v) is 2.17. The van der Waals surface area contributed by atoms with Crippen molar-refractivity contribution in [2.45, 2.75) is 25.8 Å². The Morgan fingerprint density at radius 3 is 2.79 bits per heavy atom. The molecule has 1 aliphatic heterocycles. The highest BCUT2D eigenvalue weighted by molar-refractivity contribution is 5.98. The van der Waals surface area contributed by atoms with Crippen LogP contribution in [0.25, 0.3) is 0 Å². The first kappa shape index (κ1) is 13.5. The minimum absolute atomic E-state index is 0.0580. The van der Waals surface area contributed by atoms with E-state index in [0.29, 0.717) is 18.7 Å². The van der Waals surface area contributed by atoms with Crippen molar-refractivity contribution in [3.05, 3.63) is 24.0 Å². The molecule has 0 bridgehead atoms. The van der Waals surface area contributed by atoms with Gasteiger partial charge in [-0.3, -0.25) is 14.6 Å². The number of nitrogens with one attached hydrogen (secondary N) is 1. The lowest BCUT2D eigenvalue weighted by atomic mass is 9.99. The number of aromatic nitrogens is 1. The number of hydrogen-bond donors (Lipinski definition) is 2. The zero-order valence-corrected chi connectivity index (χ0v) is 11.1. The number of carbonyl (C=O) groups excluding carboxylic acids is 2. The lowest BCUT2D eigenvalue weighted by Gasteiger charge is -2.23. The molecule has 0 aliphatic carbocycles. The quantitative estimate of drug-likeness (QED) is 0.801. The number of likely N-dealkylation sites (tertiary alicyclic amines) is 1. The predicted molar refractivity (Wildman–Crippen MR) is 71.4 cm³/mol. The maximum Gasteiger partial charge on any atom is 0.246 e. The van der Waals surface area contributed by atoms with E-state index in [2.05, 4.69) is 10.3 Å². The Morgan fingerprint density at radius 2 is 2.21 bits per heavy atom. The Morgan fingerprint density at radius 1 is 1.47 bits per heavy atom. The molecular formula is C13H18N4O2. The number of amides is 2. The Balaban J connectivity index is 2.06. The Labute approximate surface area is 112 Å². The smallest absolute Gasteiger partial charge is 0.246 e. The molecule has 1 aromatic heterocycles. The number of rotatable bonds is 2. The van der Waals surface area contributed by atoms with E-state index in [1.807, 2.05) is 13.0 Å². The lowest BCUT2D eigenvalue weighted by molar-refractivity contribution is -0.128. The number of anilines is 1. The van der Waals surface area contributed by atoms with Crippen LogP contribution in [0.2, 0.25) is 0 Å². The molecule has 0 saturated carbocycles. The summed E-state index contributed by atoms with van der Waals surface area (Å²) in [5.74, 6) is -0.332. The zero-order chi connectivity index (χ0) is 14.0. The largest absolute Gasteiger partial charge is 0.340 e. The molecule has 6 nitrogen and oxygen atoms in total. The Kier molecular flexibility index (Phi) is 3.53. The standard InChI is InChI=1S/C13H18N4O2/c1-9-5-11(7-15-6-9)16-12(19)13(14)3-4-17(8-13)10(2)18/h5-7H,3-4,8,14H2,1-2H3,(H,16,19). The molecule has 2 amide bonds. The van der Waals surface area contributed by atoms with Gasteiger partial charge in [0.15, 0.2) is 0 Å². The van der Waals surface area contributed by atoms with Gasteiger partial charge in [-0.25, -0.2) is 0 Å². The molecule has 0 spiro atoms. The highest BCUT2D eigenvalue weighted by Crippen LogP contribution is 2.21. The van der Waals surface area contributed by atoms with Crippen LogP contribution in [-0.2, 0) is 9.59 Å². The van der Waals surface area contributed by atoms with Crippen molar-refractivity contribution < 1.29 is 9.59 Å². The van der Waals surface area contributed by atoms with Crippen LogP contribution in [0.4, 0.5) is 5.69 Å². The highest BCUT2D eigenvalue weighted by atomic mass is 16.2. The van der Waals surface area contributed by atoms with E-state index in [9.17, 15) is 9.59 Å². The van der Waals surface area contributed by atoms with Gasteiger partial charge < -0.3 is 16.0 Å². The molecule has 19 heavy (non-hydrogen) atoms. The van der Waals surface area contributed by atoms with Crippen molar-refractivity contribution in [1.29, 1.82) is 0 Å². The van der Waals surface area contributed by atoms with Crippen LogP contribution < -0.4 is 11.1 Å². The minimum atomic E-state index is -1.02. The summed E-state index contributed by atoms with van der Waals surface area (Å²) in [5.41, 5.74) is 6.65. The van der Waals surface area contributed by atoms with E-state index in [4.69, 9.17) is 5.73 Å². The number of nitrogens with two attached hydrogens (primary N) is 1. The molecule has 2 rings (SSSR count). The van der Waals surface area contributed by atoms with Gasteiger partial charge in [0.05, 0.1) is 11.9 Å². The van der Waals surface area contributed by atoms with Gasteiger partial charge in [0, 0.05) is 26.2 Å². The van der Waals surface area contributed by atoms with Crippen LogP contribution in [0.15, 0.2) is 18.5 Å². The first-order chi connectivity index (χ1) is 8.90. The van der Waals surface area contributed by atoms with Gasteiger partial charge in [-0.05, 0) is 25.0 Å². The van der Waals surface area contributed by atoms with Gasteiger partial charge in [0.25, 0.3) is 0 Å². The van der Waals surface area contributed by atoms with E-state index in [1.165, 1.54) is 6.92 Å².